The molecule has 0 aliphatic heterocycles. The van der Waals surface area contributed by atoms with Gasteiger partial charge in [-0.05, 0) is 44.2 Å². The first-order valence-electron chi connectivity index (χ1n) is 9.84. The van der Waals surface area contributed by atoms with E-state index >= 15 is 0 Å². The Bertz CT molecular complexity index is 1270. The first-order chi connectivity index (χ1) is 15.4. The number of ether oxygens (including phenoxy) is 1. The molecule has 0 saturated heterocycles. The van der Waals surface area contributed by atoms with Crippen molar-refractivity contribution in [3.63, 3.8) is 0 Å². The number of hydrogen-bond acceptors (Lipinski definition) is 6. The molecule has 4 aromatic rings. The lowest BCUT2D eigenvalue weighted by atomic mass is 10.1. The second kappa shape index (κ2) is 9.54. The molecule has 32 heavy (non-hydrogen) atoms. The van der Waals surface area contributed by atoms with Crippen LogP contribution in [-0.2, 0) is 11.2 Å². The molecule has 0 spiro atoms. The molecule has 0 aliphatic carbocycles. The summed E-state index contributed by atoms with van der Waals surface area (Å²) < 4.78 is 32.4. The number of carbonyl (C=O) groups excluding carboxylic acids is 1. The van der Waals surface area contributed by atoms with Crippen LogP contribution in [0, 0.1) is 18.6 Å². The van der Waals surface area contributed by atoms with Gasteiger partial charge in [-0.15, -0.1) is 22.7 Å². The highest BCUT2D eigenvalue weighted by atomic mass is 32.1. The summed E-state index contributed by atoms with van der Waals surface area (Å²) in [4.78, 5) is 22.3. The Morgan fingerprint density at radius 3 is 2.72 bits per heavy atom. The van der Waals surface area contributed by atoms with E-state index < -0.39 is 11.6 Å². The van der Waals surface area contributed by atoms with E-state index in [4.69, 9.17) is 4.74 Å². The summed E-state index contributed by atoms with van der Waals surface area (Å²) in [7, 11) is 0. The van der Waals surface area contributed by atoms with Gasteiger partial charge in [-0.25, -0.2) is 18.7 Å². The second-order valence-electron chi connectivity index (χ2n) is 6.85. The summed E-state index contributed by atoms with van der Waals surface area (Å²) in [6.45, 7) is 4.29. The monoisotopic (exact) mass is 471 g/mol. The molecule has 2 heterocycles. The van der Waals surface area contributed by atoms with Crippen LogP contribution in [0.1, 0.15) is 17.5 Å². The molecular formula is C23H19F2N3O2S2. The number of aryl methyl sites for hydroxylation is 1. The van der Waals surface area contributed by atoms with Gasteiger partial charge in [0, 0.05) is 15.8 Å². The van der Waals surface area contributed by atoms with E-state index in [1.54, 1.807) is 0 Å². The molecule has 4 rings (SSSR count). The highest BCUT2D eigenvalue weighted by molar-refractivity contribution is 7.16. The Balaban J connectivity index is 1.46. The van der Waals surface area contributed by atoms with E-state index in [1.165, 1.54) is 28.7 Å². The van der Waals surface area contributed by atoms with E-state index in [2.05, 4.69) is 15.3 Å². The number of nitrogens with zero attached hydrogens (tertiary/aromatic N) is 2. The fourth-order valence-electron chi connectivity index (χ4n) is 3.13. The number of hydrogen-bond donors (Lipinski definition) is 1. The number of aromatic nitrogens is 2. The molecule has 2 aromatic carbocycles. The molecule has 0 bridgehead atoms. The van der Waals surface area contributed by atoms with Gasteiger partial charge < -0.3 is 10.1 Å². The first-order valence-corrected chi connectivity index (χ1v) is 11.5. The number of anilines is 1. The maximum Gasteiger partial charge on any atom is 0.232 e. The summed E-state index contributed by atoms with van der Waals surface area (Å²) >= 11 is 2.72. The van der Waals surface area contributed by atoms with Gasteiger partial charge in [0.15, 0.2) is 16.8 Å². The SMILES string of the molecule is CCOc1ccccc1-c1nc(CC(=O)Nc2nc(-c3ccc(F)c(F)c3)c(C)s2)cs1. The van der Waals surface area contributed by atoms with Gasteiger partial charge in [-0.1, -0.05) is 12.1 Å². The minimum absolute atomic E-state index is 0.0897. The number of rotatable bonds is 7. The van der Waals surface area contributed by atoms with Crippen LogP contribution in [0.4, 0.5) is 13.9 Å². The van der Waals surface area contributed by atoms with Gasteiger partial charge in [0.05, 0.1) is 30.0 Å². The lowest BCUT2D eigenvalue weighted by Gasteiger charge is -2.07. The van der Waals surface area contributed by atoms with Crippen LogP contribution in [0.2, 0.25) is 0 Å². The average molecular weight is 472 g/mol. The van der Waals surface area contributed by atoms with Gasteiger partial charge >= 0.3 is 0 Å². The molecule has 0 fully saturated rings. The summed E-state index contributed by atoms with van der Waals surface area (Å²) in [6.07, 6.45) is 0.0897. The molecule has 0 saturated carbocycles. The van der Waals surface area contributed by atoms with E-state index in [1.807, 2.05) is 43.5 Å². The third-order valence-corrected chi connectivity index (χ3v) is 6.36. The predicted octanol–water partition coefficient (Wildman–Crippen LogP) is 6.10. The summed E-state index contributed by atoms with van der Waals surface area (Å²) in [5.74, 6) is -1.36. The minimum Gasteiger partial charge on any atom is -0.493 e. The van der Waals surface area contributed by atoms with Gasteiger partial charge in [0.2, 0.25) is 5.91 Å². The van der Waals surface area contributed by atoms with Crippen molar-refractivity contribution in [2.24, 2.45) is 0 Å². The normalized spacial score (nSPS) is 10.9. The van der Waals surface area contributed by atoms with E-state index in [0.717, 1.165) is 33.3 Å². The van der Waals surface area contributed by atoms with E-state index in [-0.39, 0.29) is 12.3 Å². The Morgan fingerprint density at radius 1 is 1.12 bits per heavy atom. The topological polar surface area (TPSA) is 64.1 Å². The van der Waals surface area contributed by atoms with Crippen molar-refractivity contribution in [3.05, 3.63) is 70.1 Å². The molecular weight excluding hydrogens is 452 g/mol. The number of thiazole rings is 2. The molecule has 1 N–H and O–H groups in total. The molecule has 9 heteroatoms. The van der Waals surface area contributed by atoms with Crippen LogP contribution in [0.25, 0.3) is 21.8 Å². The number of nitrogens with one attached hydrogen (secondary N) is 1. The van der Waals surface area contributed by atoms with Crippen molar-refractivity contribution >= 4 is 33.7 Å². The van der Waals surface area contributed by atoms with Gasteiger partial charge in [0.1, 0.15) is 10.8 Å². The molecule has 1 amide bonds. The van der Waals surface area contributed by atoms with Crippen molar-refractivity contribution in [3.8, 4) is 27.6 Å². The third kappa shape index (κ3) is 4.84. The Kier molecular flexibility index (Phi) is 6.57. The van der Waals surface area contributed by atoms with Crippen molar-refractivity contribution in [2.75, 3.05) is 11.9 Å². The van der Waals surface area contributed by atoms with E-state index in [9.17, 15) is 13.6 Å². The van der Waals surface area contributed by atoms with Crippen molar-refractivity contribution in [2.45, 2.75) is 20.3 Å². The number of halogens is 2. The first kappa shape index (κ1) is 22.0. The molecule has 5 nitrogen and oxygen atoms in total. The smallest absolute Gasteiger partial charge is 0.232 e. The minimum atomic E-state index is -0.939. The highest BCUT2D eigenvalue weighted by Gasteiger charge is 2.16. The fourth-order valence-corrected chi connectivity index (χ4v) is 4.83. The fraction of sp³-hybridized carbons (Fsp3) is 0.174. The maximum absolute atomic E-state index is 13.6. The maximum atomic E-state index is 13.6. The van der Waals surface area contributed by atoms with Crippen molar-refractivity contribution in [1.82, 2.24) is 9.97 Å². The van der Waals surface area contributed by atoms with Crippen LogP contribution >= 0.6 is 22.7 Å². The standard InChI is InChI=1S/C23H19F2N3O2S2/c1-3-30-19-7-5-4-6-16(19)22-26-15(12-31-22)11-20(29)27-23-28-21(13(2)32-23)14-8-9-17(24)18(25)10-14/h4-10,12H,3,11H2,1-2H3,(H,27,28,29). The largest absolute Gasteiger partial charge is 0.493 e. The Labute approximate surface area is 191 Å². The molecule has 2 aromatic heterocycles. The highest BCUT2D eigenvalue weighted by Crippen LogP contribution is 2.33. The van der Waals surface area contributed by atoms with E-state index in [0.29, 0.717) is 28.7 Å². The number of amides is 1. The number of para-hydroxylation sites is 1. The quantitative estimate of drug-likeness (QED) is 0.354. The van der Waals surface area contributed by atoms with Crippen LogP contribution in [-0.4, -0.2) is 22.5 Å². The molecule has 0 aliphatic rings. The average Bonchev–Trinajstić information content (AvgIpc) is 3.37. The summed E-state index contributed by atoms with van der Waals surface area (Å²) in [5.41, 5.74) is 2.49. The third-order valence-electron chi connectivity index (χ3n) is 4.55. The lowest BCUT2D eigenvalue weighted by Crippen LogP contribution is -2.14. The zero-order valence-corrected chi connectivity index (χ0v) is 18.9. The van der Waals surface area contributed by atoms with Gasteiger partial charge in [-0.2, -0.15) is 0 Å². The van der Waals surface area contributed by atoms with Gasteiger partial charge in [-0.3, -0.25) is 4.79 Å². The predicted molar refractivity (Wildman–Crippen MR) is 123 cm³/mol. The Morgan fingerprint density at radius 2 is 1.94 bits per heavy atom. The summed E-state index contributed by atoms with van der Waals surface area (Å²) in [6, 6.07) is 11.3. The van der Waals surface area contributed by atoms with Crippen LogP contribution in [0.5, 0.6) is 5.75 Å². The molecule has 0 radical (unpaired) electrons. The van der Waals surface area contributed by atoms with Crippen molar-refractivity contribution in [1.29, 1.82) is 0 Å². The zero-order valence-electron chi connectivity index (χ0n) is 17.3. The summed E-state index contributed by atoms with van der Waals surface area (Å²) in [5, 5.41) is 5.79. The molecule has 0 unspecified atom stereocenters. The van der Waals surface area contributed by atoms with Crippen LogP contribution in [0.3, 0.4) is 0 Å². The van der Waals surface area contributed by atoms with Crippen molar-refractivity contribution < 1.29 is 18.3 Å². The molecule has 164 valence electrons. The lowest BCUT2D eigenvalue weighted by molar-refractivity contribution is -0.115. The zero-order chi connectivity index (χ0) is 22.7. The number of carbonyl (C=O) groups is 1. The van der Waals surface area contributed by atoms with Gasteiger partial charge in [0.25, 0.3) is 0 Å². The van der Waals surface area contributed by atoms with Crippen LogP contribution in [0.15, 0.2) is 47.8 Å². The van der Waals surface area contributed by atoms with Crippen LogP contribution < -0.4 is 10.1 Å². The Hall–Kier alpha value is -3.17. The second-order valence-corrected chi connectivity index (χ2v) is 8.91. The number of benzene rings is 2. The molecule has 0 atom stereocenters.